The van der Waals surface area contributed by atoms with Gasteiger partial charge in [0.25, 0.3) is 5.91 Å². The predicted molar refractivity (Wildman–Crippen MR) is 81.4 cm³/mol. The van der Waals surface area contributed by atoms with Gasteiger partial charge in [0, 0.05) is 24.2 Å². The van der Waals surface area contributed by atoms with Crippen LogP contribution in [0.2, 0.25) is 0 Å². The molecule has 20 heavy (non-hydrogen) atoms. The van der Waals surface area contributed by atoms with E-state index in [1.807, 2.05) is 13.8 Å². The Morgan fingerprint density at radius 2 is 2.05 bits per heavy atom. The molecule has 5 heteroatoms. The van der Waals surface area contributed by atoms with E-state index in [9.17, 15) is 9.18 Å². The van der Waals surface area contributed by atoms with Crippen molar-refractivity contribution in [3.8, 4) is 0 Å². The quantitative estimate of drug-likeness (QED) is 0.750. The van der Waals surface area contributed by atoms with Gasteiger partial charge in [-0.2, -0.15) is 0 Å². The van der Waals surface area contributed by atoms with Crippen molar-refractivity contribution in [3.05, 3.63) is 34.1 Å². The number of halogens is 2. The van der Waals surface area contributed by atoms with E-state index in [0.29, 0.717) is 17.6 Å². The average molecular weight is 346 g/mol. The molecule has 0 bridgehead atoms. The maximum Gasteiger partial charge on any atom is 0.258 e. The fraction of sp³-hybridized carbons (Fsp3) is 0.533. The van der Waals surface area contributed by atoms with Gasteiger partial charge in [0.15, 0.2) is 0 Å². The van der Waals surface area contributed by atoms with Crippen LogP contribution in [-0.4, -0.2) is 37.1 Å². The first-order chi connectivity index (χ1) is 9.56. The highest BCUT2D eigenvalue weighted by molar-refractivity contribution is 9.10. The standard InChI is InChI=1S/C15H21BrFNO2/c1-4-11(5-2)18(9-10-20-3)15(19)14-12(16)7-6-8-13(14)17/h6-8,11H,4-5,9-10H2,1-3H3. The minimum Gasteiger partial charge on any atom is -0.383 e. The molecule has 0 radical (unpaired) electrons. The number of methoxy groups -OCH3 is 1. The van der Waals surface area contributed by atoms with Crippen molar-refractivity contribution in [3.63, 3.8) is 0 Å². The molecule has 112 valence electrons. The summed E-state index contributed by atoms with van der Waals surface area (Å²) >= 11 is 3.26. The van der Waals surface area contributed by atoms with E-state index in [-0.39, 0.29) is 17.5 Å². The van der Waals surface area contributed by atoms with Crippen molar-refractivity contribution in [2.75, 3.05) is 20.3 Å². The van der Waals surface area contributed by atoms with E-state index in [4.69, 9.17) is 4.74 Å². The minimum atomic E-state index is -0.502. The van der Waals surface area contributed by atoms with Gasteiger partial charge in [0.05, 0.1) is 12.2 Å². The summed E-state index contributed by atoms with van der Waals surface area (Å²) in [6, 6.07) is 4.65. The van der Waals surface area contributed by atoms with Gasteiger partial charge in [-0.1, -0.05) is 19.9 Å². The third-order valence-corrected chi connectivity index (χ3v) is 4.02. The lowest BCUT2D eigenvalue weighted by Crippen LogP contribution is -2.42. The molecule has 0 fully saturated rings. The molecular formula is C15H21BrFNO2. The molecule has 0 N–H and O–H groups in total. The lowest BCUT2D eigenvalue weighted by Gasteiger charge is -2.31. The Kier molecular flexibility index (Phi) is 7.16. The molecule has 0 spiro atoms. The molecule has 0 saturated carbocycles. The summed E-state index contributed by atoms with van der Waals surface area (Å²) < 4.78 is 19.5. The van der Waals surface area contributed by atoms with Crippen molar-refractivity contribution in [1.29, 1.82) is 0 Å². The van der Waals surface area contributed by atoms with Crippen molar-refractivity contribution in [2.24, 2.45) is 0 Å². The predicted octanol–water partition coefficient (Wildman–Crippen LogP) is 3.87. The van der Waals surface area contributed by atoms with Crippen LogP contribution in [0.25, 0.3) is 0 Å². The van der Waals surface area contributed by atoms with Gasteiger partial charge in [0.2, 0.25) is 0 Å². The number of carbonyl (C=O) groups excluding carboxylic acids is 1. The van der Waals surface area contributed by atoms with E-state index < -0.39 is 5.82 Å². The molecule has 0 saturated heterocycles. The van der Waals surface area contributed by atoms with Crippen LogP contribution >= 0.6 is 15.9 Å². The smallest absolute Gasteiger partial charge is 0.258 e. The fourth-order valence-electron chi connectivity index (χ4n) is 2.21. The highest BCUT2D eigenvalue weighted by Crippen LogP contribution is 2.23. The fourth-order valence-corrected chi connectivity index (χ4v) is 2.73. The van der Waals surface area contributed by atoms with Crippen LogP contribution in [-0.2, 0) is 4.74 Å². The number of amides is 1. The third-order valence-electron chi connectivity index (χ3n) is 3.36. The van der Waals surface area contributed by atoms with E-state index in [1.165, 1.54) is 6.07 Å². The molecular weight excluding hydrogens is 325 g/mol. The number of rotatable bonds is 7. The second-order valence-electron chi connectivity index (χ2n) is 4.56. The van der Waals surface area contributed by atoms with Gasteiger partial charge in [-0.05, 0) is 40.9 Å². The number of benzene rings is 1. The number of ether oxygens (including phenoxy) is 1. The van der Waals surface area contributed by atoms with Gasteiger partial charge in [-0.15, -0.1) is 0 Å². The van der Waals surface area contributed by atoms with Gasteiger partial charge in [-0.3, -0.25) is 4.79 Å². The van der Waals surface area contributed by atoms with Crippen LogP contribution in [0.4, 0.5) is 4.39 Å². The van der Waals surface area contributed by atoms with Gasteiger partial charge < -0.3 is 9.64 Å². The van der Waals surface area contributed by atoms with Gasteiger partial charge in [0.1, 0.15) is 5.82 Å². The second kappa shape index (κ2) is 8.37. The largest absolute Gasteiger partial charge is 0.383 e. The normalized spacial score (nSPS) is 10.9. The summed E-state index contributed by atoms with van der Waals surface area (Å²) in [6.07, 6.45) is 1.66. The average Bonchev–Trinajstić information content (AvgIpc) is 2.43. The Balaban J connectivity index is 3.09. The molecule has 0 unspecified atom stereocenters. The number of nitrogens with zero attached hydrogens (tertiary/aromatic N) is 1. The van der Waals surface area contributed by atoms with E-state index in [1.54, 1.807) is 24.1 Å². The van der Waals surface area contributed by atoms with Crippen LogP contribution in [0.5, 0.6) is 0 Å². The lowest BCUT2D eigenvalue weighted by molar-refractivity contribution is 0.0584. The molecule has 1 aromatic carbocycles. The SMILES string of the molecule is CCC(CC)N(CCOC)C(=O)c1c(F)cccc1Br. The Morgan fingerprint density at radius 1 is 1.40 bits per heavy atom. The molecule has 0 aliphatic rings. The number of hydrogen-bond acceptors (Lipinski definition) is 2. The first-order valence-corrected chi connectivity index (χ1v) is 7.59. The molecule has 0 heterocycles. The Labute approximate surface area is 128 Å². The van der Waals surface area contributed by atoms with E-state index in [0.717, 1.165) is 12.8 Å². The number of hydrogen-bond donors (Lipinski definition) is 0. The van der Waals surface area contributed by atoms with Crippen LogP contribution in [0.1, 0.15) is 37.0 Å². The maximum absolute atomic E-state index is 13.9. The highest BCUT2D eigenvalue weighted by Gasteiger charge is 2.26. The zero-order chi connectivity index (χ0) is 15.1. The molecule has 0 aromatic heterocycles. The number of carbonyl (C=O) groups is 1. The Morgan fingerprint density at radius 3 is 2.55 bits per heavy atom. The molecule has 0 aliphatic heterocycles. The van der Waals surface area contributed by atoms with Gasteiger partial charge in [-0.25, -0.2) is 4.39 Å². The third kappa shape index (κ3) is 4.03. The van der Waals surface area contributed by atoms with Crippen LogP contribution in [0, 0.1) is 5.82 Å². The maximum atomic E-state index is 13.9. The molecule has 0 atom stereocenters. The molecule has 1 aromatic rings. The van der Waals surface area contributed by atoms with E-state index >= 15 is 0 Å². The zero-order valence-electron chi connectivity index (χ0n) is 12.2. The highest BCUT2D eigenvalue weighted by atomic mass is 79.9. The first kappa shape index (κ1) is 17.1. The van der Waals surface area contributed by atoms with Crippen molar-refractivity contribution in [2.45, 2.75) is 32.7 Å². The van der Waals surface area contributed by atoms with Crippen molar-refractivity contribution in [1.82, 2.24) is 4.90 Å². The van der Waals surface area contributed by atoms with Crippen LogP contribution < -0.4 is 0 Å². The summed E-state index contributed by atoms with van der Waals surface area (Å²) in [4.78, 5) is 14.4. The summed E-state index contributed by atoms with van der Waals surface area (Å²) in [5.41, 5.74) is 0.0931. The summed E-state index contributed by atoms with van der Waals surface area (Å²) in [6.45, 7) is 4.95. The van der Waals surface area contributed by atoms with Crippen LogP contribution in [0.15, 0.2) is 22.7 Å². The molecule has 3 nitrogen and oxygen atoms in total. The lowest BCUT2D eigenvalue weighted by atomic mass is 10.1. The summed E-state index contributed by atoms with van der Waals surface area (Å²) in [5, 5.41) is 0. The van der Waals surface area contributed by atoms with Gasteiger partial charge >= 0.3 is 0 Å². The second-order valence-corrected chi connectivity index (χ2v) is 5.41. The van der Waals surface area contributed by atoms with E-state index in [2.05, 4.69) is 15.9 Å². The Hall–Kier alpha value is -0.940. The summed E-state index contributed by atoms with van der Waals surface area (Å²) in [5.74, 6) is -0.793. The Bertz CT molecular complexity index is 429. The minimum absolute atomic E-state index is 0.0872. The monoisotopic (exact) mass is 345 g/mol. The zero-order valence-corrected chi connectivity index (χ0v) is 13.7. The molecule has 1 amide bonds. The van der Waals surface area contributed by atoms with Crippen molar-refractivity contribution >= 4 is 21.8 Å². The summed E-state index contributed by atoms with van der Waals surface area (Å²) in [7, 11) is 1.59. The molecule has 0 aliphatic carbocycles. The van der Waals surface area contributed by atoms with Crippen LogP contribution in [0.3, 0.4) is 0 Å². The topological polar surface area (TPSA) is 29.5 Å². The first-order valence-electron chi connectivity index (χ1n) is 6.80. The van der Waals surface area contributed by atoms with Crippen molar-refractivity contribution < 1.29 is 13.9 Å². The molecule has 1 rings (SSSR count).